The van der Waals surface area contributed by atoms with Crippen molar-refractivity contribution < 1.29 is 0 Å². The molecule has 17 heavy (non-hydrogen) atoms. The fourth-order valence-electron chi connectivity index (χ4n) is 2.42. The molecule has 2 rings (SSSR count). The highest BCUT2D eigenvalue weighted by Crippen LogP contribution is 2.25. The van der Waals surface area contributed by atoms with Gasteiger partial charge in [0.2, 0.25) is 0 Å². The molecule has 2 heterocycles. The molecule has 2 atom stereocenters. The maximum absolute atomic E-state index is 5.87. The van der Waals surface area contributed by atoms with Crippen molar-refractivity contribution in [3.63, 3.8) is 0 Å². The van der Waals surface area contributed by atoms with Crippen LogP contribution < -0.4 is 5.73 Å². The molecule has 1 aromatic rings. The molecule has 2 N–H and O–H groups in total. The summed E-state index contributed by atoms with van der Waals surface area (Å²) in [6, 6.07) is 0.560. The molecule has 1 aromatic heterocycles. The van der Waals surface area contributed by atoms with Crippen molar-refractivity contribution in [3.05, 3.63) is 16.1 Å². The van der Waals surface area contributed by atoms with Gasteiger partial charge in [-0.05, 0) is 32.2 Å². The van der Waals surface area contributed by atoms with Crippen LogP contribution >= 0.6 is 23.7 Å². The van der Waals surface area contributed by atoms with Gasteiger partial charge in [-0.25, -0.2) is 4.98 Å². The van der Waals surface area contributed by atoms with Gasteiger partial charge >= 0.3 is 0 Å². The van der Waals surface area contributed by atoms with Crippen molar-refractivity contribution in [3.8, 4) is 0 Å². The number of nitrogens with two attached hydrogens (primary N) is 1. The Bertz CT molecular complexity index is 342. The van der Waals surface area contributed by atoms with Gasteiger partial charge < -0.3 is 5.73 Å². The Hall–Kier alpha value is -0.160. The number of hydrogen-bond donors (Lipinski definition) is 1. The van der Waals surface area contributed by atoms with Crippen LogP contribution in [0.1, 0.15) is 30.3 Å². The summed E-state index contributed by atoms with van der Waals surface area (Å²) < 4.78 is 0. The van der Waals surface area contributed by atoms with E-state index in [0.717, 1.165) is 19.0 Å². The Morgan fingerprint density at radius 2 is 2.35 bits per heavy atom. The summed E-state index contributed by atoms with van der Waals surface area (Å²) in [7, 11) is 0. The average Bonchev–Trinajstić information content (AvgIpc) is 2.67. The van der Waals surface area contributed by atoms with E-state index in [1.807, 2.05) is 5.51 Å². The first kappa shape index (κ1) is 14.9. The number of aromatic nitrogens is 1. The van der Waals surface area contributed by atoms with Gasteiger partial charge in [-0.2, -0.15) is 0 Å². The van der Waals surface area contributed by atoms with Gasteiger partial charge in [-0.3, -0.25) is 4.90 Å². The molecule has 0 saturated carbocycles. The van der Waals surface area contributed by atoms with Gasteiger partial charge in [0, 0.05) is 24.0 Å². The molecule has 1 aliphatic heterocycles. The second-order valence-electron chi connectivity index (χ2n) is 4.85. The molecular weight excluding hydrogens is 254 g/mol. The highest BCUT2D eigenvalue weighted by Gasteiger charge is 2.25. The predicted molar refractivity (Wildman–Crippen MR) is 75.7 cm³/mol. The third kappa shape index (κ3) is 3.65. The number of aryl methyl sites for hydroxylation is 1. The Kier molecular flexibility index (Phi) is 5.86. The fourth-order valence-corrected chi connectivity index (χ4v) is 3.22. The topological polar surface area (TPSA) is 42.2 Å². The number of thiazole rings is 1. The molecule has 0 amide bonds. The first-order valence-corrected chi connectivity index (χ1v) is 6.91. The van der Waals surface area contributed by atoms with Crippen molar-refractivity contribution in [2.24, 2.45) is 11.7 Å². The van der Waals surface area contributed by atoms with Gasteiger partial charge in [0.25, 0.3) is 0 Å². The molecule has 0 aliphatic carbocycles. The molecule has 0 bridgehead atoms. The summed E-state index contributed by atoms with van der Waals surface area (Å²) in [5.41, 5.74) is 8.99. The van der Waals surface area contributed by atoms with Crippen LogP contribution in [0.25, 0.3) is 0 Å². The second-order valence-corrected chi connectivity index (χ2v) is 5.79. The van der Waals surface area contributed by atoms with Crippen molar-refractivity contribution in [1.82, 2.24) is 9.88 Å². The SMILES string of the molecule is Cc1ncsc1CN1CCC(C)CC1CN.Cl. The number of rotatable bonds is 3. The number of hydrogen-bond acceptors (Lipinski definition) is 4. The standard InChI is InChI=1S/C12H21N3S.ClH/c1-9-3-4-15(11(5-9)6-13)7-12-10(2)14-8-16-12;/h8-9,11H,3-7,13H2,1-2H3;1H. The Morgan fingerprint density at radius 3 is 2.94 bits per heavy atom. The molecule has 3 nitrogen and oxygen atoms in total. The van der Waals surface area contributed by atoms with Crippen molar-refractivity contribution >= 4 is 23.7 Å². The summed E-state index contributed by atoms with van der Waals surface area (Å²) in [5, 5.41) is 0. The fraction of sp³-hybridized carbons (Fsp3) is 0.750. The lowest BCUT2D eigenvalue weighted by atomic mass is 9.92. The Labute approximate surface area is 114 Å². The van der Waals surface area contributed by atoms with Gasteiger partial charge in [-0.15, -0.1) is 23.7 Å². The first-order chi connectivity index (χ1) is 7.70. The number of nitrogens with zero attached hydrogens (tertiary/aromatic N) is 2. The molecule has 5 heteroatoms. The summed E-state index contributed by atoms with van der Waals surface area (Å²) in [5.74, 6) is 0.826. The van der Waals surface area contributed by atoms with E-state index in [-0.39, 0.29) is 12.4 Å². The zero-order chi connectivity index (χ0) is 11.5. The minimum atomic E-state index is 0. The van der Waals surface area contributed by atoms with Crippen LogP contribution in [0.3, 0.4) is 0 Å². The lowest BCUT2D eigenvalue weighted by molar-refractivity contribution is 0.116. The molecule has 1 fully saturated rings. The third-order valence-electron chi connectivity index (χ3n) is 3.56. The van der Waals surface area contributed by atoms with Crippen molar-refractivity contribution in [2.45, 2.75) is 39.3 Å². The van der Waals surface area contributed by atoms with Crippen molar-refractivity contribution in [2.75, 3.05) is 13.1 Å². The van der Waals surface area contributed by atoms with Crippen LogP contribution in [-0.4, -0.2) is 29.0 Å². The quantitative estimate of drug-likeness (QED) is 0.921. The van der Waals surface area contributed by atoms with Crippen LogP contribution in [0.4, 0.5) is 0 Å². The van der Waals surface area contributed by atoms with E-state index in [0.29, 0.717) is 6.04 Å². The summed E-state index contributed by atoms with van der Waals surface area (Å²) >= 11 is 1.76. The smallest absolute Gasteiger partial charge is 0.0798 e. The highest BCUT2D eigenvalue weighted by atomic mass is 35.5. The molecular formula is C12H22ClN3S. The summed E-state index contributed by atoms with van der Waals surface area (Å²) in [6.07, 6.45) is 2.54. The summed E-state index contributed by atoms with van der Waals surface area (Å²) in [4.78, 5) is 8.23. The largest absolute Gasteiger partial charge is 0.329 e. The number of halogens is 1. The normalized spacial score (nSPS) is 25.6. The maximum Gasteiger partial charge on any atom is 0.0798 e. The van der Waals surface area contributed by atoms with Crippen LogP contribution in [0.15, 0.2) is 5.51 Å². The molecule has 2 unspecified atom stereocenters. The Balaban J connectivity index is 0.00000144. The van der Waals surface area contributed by atoms with Crippen LogP contribution in [0, 0.1) is 12.8 Å². The average molecular weight is 276 g/mol. The van der Waals surface area contributed by atoms with Crippen LogP contribution in [0.2, 0.25) is 0 Å². The third-order valence-corrected chi connectivity index (χ3v) is 4.48. The van der Waals surface area contributed by atoms with E-state index >= 15 is 0 Å². The molecule has 98 valence electrons. The molecule has 1 saturated heterocycles. The zero-order valence-electron chi connectivity index (χ0n) is 10.6. The minimum Gasteiger partial charge on any atom is -0.329 e. The van der Waals surface area contributed by atoms with Gasteiger partial charge in [0.1, 0.15) is 0 Å². The van der Waals surface area contributed by atoms with E-state index < -0.39 is 0 Å². The molecule has 0 aromatic carbocycles. The number of likely N-dealkylation sites (tertiary alicyclic amines) is 1. The van der Waals surface area contributed by atoms with Gasteiger partial charge in [0.15, 0.2) is 0 Å². The highest BCUT2D eigenvalue weighted by molar-refractivity contribution is 7.09. The van der Waals surface area contributed by atoms with Gasteiger partial charge in [0.05, 0.1) is 11.2 Å². The lowest BCUT2D eigenvalue weighted by Gasteiger charge is -2.37. The number of piperidine rings is 1. The maximum atomic E-state index is 5.87. The molecule has 0 spiro atoms. The predicted octanol–water partition coefficient (Wildman–Crippen LogP) is 2.43. The van der Waals surface area contributed by atoms with Crippen LogP contribution in [-0.2, 0) is 6.54 Å². The van der Waals surface area contributed by atoms with E-state index in [1.54, 1.807) is 11.3 Å². The summed E-state index contributed by atoms with van der Waals surface area (Å²) in [6.45, 7) is 7.42. The monoisotopic (exact) mass is 275 g/mol. The first-order valence-electron chi connectivity index (χ1n) is 6.03. The van der Waals surface area contributed by atoms with Crippen LogP contribution in [0.5, 0.6) is 0 Å². The van der Waals surface area contributed by atoms with E-state index in [2.05, 4.69) is 23.7 Å². The molecule has 1 aliphatic rings. The minimum absolute atomic E-state index is 0. The van der Waals surface area contributed by atoms with E-state index in [1.165, 1.54) is 30.0 Å². The van der Waals surface area contributed by atoms with Gasteiger partial charge in [-0.1, -0.05) is 6.92 Å². The van der Waals surface area contributed by atoms with Crippen molar-refractivity contribution in [1.29, 1.82) is 0 Å². The second kappa shape index (κ2) is 6.69. The lowest BCUT2D eigenvalue weighted by Crippen LogP contribution is -2.45. The zero-order valence-corrected chi connectivity index (χ0v) is 12.2. The van der Waals surface area contributed by atoms with E-state index in [9.17, 15) is 0 Å². The Morgan fingerprint density at radius 1 is 1.59 bits per heavy atom. The molecule has 0 radical (unpaired) electrons. The van der Waals surface area contributed by atoms with E-state index in [4.69, 9.17) is 5.73 Å².